The van der Waals surface area contributed by atoms with E-state index in [0.29, 0.717) is 0 Å². The molecule has 2 aliphatic rings. The Morgan fingerprint density at radius 3 is 2.94 bits per heavy atom. The van der Waals surface area contributed by atoms with E-state index in [1.165, 1.54) is 0 Å². The number of nitrogens with zero attached hydrogens (tertiary/aromatic N) is 1. The fraction of sp³-hybridized carbons (Fsp3) is 0.909. The summed E-state index contributed by atoms with van der Waals surface area (Å²) in [5.74, 6) is 0.0488. The van der Waals surface area contributed by atoms with Gasteiger partial charge >= 0.3 is 0 Å². The molecule has 5 nitrogen and oxygen atoms in total. The van der Waals surface area contributed by atoms with Crippen LogP contribution in [0.25, 0.3) is 0 Å². The number of hydrogen-bond donors (Lipinski definition) is 3. The quantitative estimate of drug-likeness (QED) is 0.674. The average Bonchev–Trinajstić information content (AvgIpc) is 2.74. The normalized spacial score (nSPS) is 43.5. The molecule has 0 bridgehead atoms. The van der Waals surface area contributed by atoms with E-state index in [2.05, 4.69) is 17.2 Å². The third-order valence-electron chi connectivity index (χ3n) is 3.27. The Hall–Kier alpha value is -0.300. The van der Waals surface area contributed by atoms with Gasteiger partial charge < -0.3 is 20.3 Å². The van der Waals surface area contributed by atoms with E-state index in [1.807, 2.05) is 6.92 Å². The lowest BCUT2D eigenvalue weighted by atomic mass is 9.90. The van der Waals surface area contributed by atoms with Crippen molar-refractivity contribution in [3.05, 3.63) is 0 Å². The SMILES string of the molecule is CCCN=C1NC2C(OC(CO)C(O)C2C)S1. The molecule has 0 amide bonds. The molecule has 2 saturated heterocycles. The molecule has 0 aromatic heterocycles. The second-order valence-corrected chi connectivity index (χ2v) is 5.64. The van der Waals surface area contributed by atoms with E-state index >= 15 is 0 Å². The standard InChI is InChI=1S/C11H20N2O3S/c1-3-4-12-11-13-8-6(2)9(15)7(5-14)16-10(8)17-11/h6-10,14-15H,3-5H2,1-2H3,(H,12,13). The zero-order valence-electron chi connectivity index (χ0n) is 10.2. The van der Waals surface area contributed by atoms with E-state index < -0.39 is 12.2 Å². The van der Waals surface area contributed by atoms with Gasteiger partial charge in [-0.25, -0.2) is 0 Å². The highest BCUT2D eigenvalue weighted by atomic mass is 32.2. The average molecular weight is 260 g/mol. The first-order valence-corrected chi connectivity index (χ1v) is 6.97. The second kappa shape index (κ2) is 5.56. The number of fused-ring (bicyclic) bond motifs is 1. The first kappa shape index (κ1) is 13.1. The van der Waals surface area contributed by atoms with Crippen molar-refractivity contribution < 1.29 is 14.9 Å². The van der Waals surface area contributed by atoms with Crippen LogP contribution in [0.2, 0.25) is 0 Å². The topological polar surface area (TPSA) is 74.1 Å². The van der Waals surface area contributed by atoms with Gasteiger partial charge in [-0.15, -0.1) is 0 Å². The molecule has 6 heteroatoms. The van der Waals surface area contributed by atoms with Crippen molar-refractivity contribution >= 4 is 16.9 Å². The smallest absolute Gasteiger partial charge is 0.159 e. The number of amidine groups is 1. The third kappa shape index (κ3) is 2.59. The minimum absolute atomic E-state index is 0.0488. The predicted octanol–water partition coefficient (Wildman–Crippen LogP) is 0.172. The minimum atomic E-state index is -0.625. The number of aliphatic hydroxyl groups is 2. The highest BCUT2D eigenvalue weighted by Crippen LogP contribution is 2.36. The van der Waals surface area contributed by atoms with Gasteiger partial charge in [0.1, 0.15) is 11.5 Å². The van der Waals surface area contributed by atoms with Crippen molar-refractivity contribution in [2.24, 2.45) is 10.9 Å². The van der Waals surface area contributed by atoms with Crippen LogP contribution in [0, 0.1) is 5.92 Å². The van der Waals surface area contributed by atoms with Crippen molar-refractivity contribution in [1.82, 2.24) is 5.32 Å². The molecular weight excluding hydrogens is 240 g/mol. The maximum absolute atomic E-state index is 9.97. The molecule has 5 unspecified atom stereocenters. The van der Waals surface area contributed by atoms with Gasteiger partial charge in [-0.3, -0.25) is 4.99 Å². The van der Waals surface area contributed by atoms with Gasteiger partial charge in [0.15, 0.2) is 5.17 Å². The van der Waals surface area contributed by atoms with Crippen molar-refractivity contribution in [3.8, 4) is 0 Å². The van der Waals surface area contributed by atoms with Gasteiger partial charge in [0.2, 0.25) is 0 Å². The molecule has 3 N–H and O–H groups in total. The first-order chi connectivity index (χ1) is 8.17. The molecule has 0 aromatic rings. The Bertz CT molecular complexity index is 300. The molecule has 0 spiro atoms. The number of aliphatic hydroxyl groups excluding tert-OH is 2. The summed E-state index contributed by atoms with van der Waals surface area (Å²) in [6.07, 6.45) is -0.0923. The van der Waals surface area contributed by atoms with Crippen molar-refractivity contribution in [2.45, 2.75) is 44.0 Å². The van der Waals surface area contributed by atoms with Gasteiger partial charge in [-0.05, 0) is 6.42 Å². The minimum Gasteiger partial charge on any atom is -0.394 e. The molecule has 98 valence electrons. The zero-order chi connectivity index (χ0) is 12.4. The summed E-state index contributed by atoms with van der Waals surface area (Å²) in [5, 5.41) is 23.3. The molecule has 17 heavy (non-hydrogen) atoms. The number of ether oxygens (including phenoxy) is 1. The molecule has 0 radical (unpaired) electrons. The summed E-state index contributed by atoms with van der Waals surface area (Å²) in [4.78, 5) is 4.42. The van der Waals surface area contributed by atoms with E-state index in [-0.39, 0.29) is 24.0 Å². The van der Waals surface area contributed by atoms with Gasteiger partial charge in [0.05, 0.1) is 18.8 Å². The Kier molecular flexibility index (Phi) is 4.30. The molecule has 2 aliphatic heterocycles. The summed E-state index contributed by atoms with van der Waals surface area (Å²) >= 11 is 1.55. The summed E-state index contributed by atoms with van der Waals surface area (Å²) < 4.78 is 5.67. The largest absolute Gasteiger partial charge is 0.394 e. The molecule has 0 aliphatic carbocycles. The van der Waals surface area contributed by atoms with Gasteiger partial charge in [-0.2, -0.15) is 0 Å². The van der Waals surface area contributed by atoms with Crippen LogP contribution in [-0.2, 0) is 4.74 Å². The molecule has 2 heterocycles. The number of nitrogens with one attached hydrogen (secondary N) is 1. The maximum Gasteiger partial charge on any atom is 0.159 e. The van der Waals surface area contributed by atoms with Crippen LogP contribution in [0.4, 0.5) is 0 Å². The summed E-state index contributed by atoms with van der Waals surface area (Å²) in [5.41, 5.74) is -0.0545. The van der Waals surface area contributed by atoms with E-state index in [0.717, 1.165) is 18.1 Å². The van der Waals surface area contributed by atoms with Gasteiger partial charge in [-0.1, -0.05) is 25.6 Å². The number of rotatable bonds is 3. The number of hydrogen-bond acceptors (Lipinski definition) is 5. The lowest BCUT2D eigenvalue weighted by Gasteiger charge is -2.39. The Balaban J connectivity index is 2.04. The highest BCUT2D eigenvalue weighted by Gasteiger charge is 2.47. The molecule has 0 aromatic carbocycles. The van der Waals surface area contributed by atoms with Gasteiger partial charge in [0, 0.05) is 12.5 Å². The van der Waals surface area contributed by atoms with Crippen molar-refractivity contribution in [3.63, 3.8) is 0 Å². The van der Waals surface area contributed by atoms with E-state index in [4.69, 9.17) is 9.84 Å². The van der Waals surface area contributed by atoms with Crippen molar-refractivity contribution in [1.29, 1.82) is 0 Å². The van der Waals surface area contributed by atoms with Crippen LogP contribution in [0.5, 0.6) is 0 Å². The maximum atomic E-state index is 9.97. The van der Waals surface area contributed by atoms with Crippen LogP contribution >= 0.6 is 11.8 Å². The predicted molar refractivity (Wildman–Crippen MR) is 68.0 cm³/mol. The Morgan fingerprint density at radius 1 is 1.53 bits per heavy atom. The van der Waals surface area contributed by atoms with Crippen LogP contribution in [0.1, 0.15) is 20.3 Å². The number of thioether (sulfide) groups is 1. The molecule has 5 atom stereocenters. The monoisotopic (exact) mass is 260 g/mol. The van der Waals surface area contributed by atoms with Crippen LogP contribution < -0.4 is 5.32 Å². The summed E-state index contributed by atoms with van der Waals surface area (Å²) in [6, 6.07) is 0.0772. The highest BCUT2D eigenvalue weighted by molar-refractivity contribution is 8.14. The summed E-state index contributed by atoms with van der Waals surface area (Å²) in [6.45, 7) is 4.72. The lowest BCUT2D eigenvalue weighted by molar-refractivity contribution is -0.138. The van der Waals surface area contributed by atoms with Crippen LogP contribution in [0.3, 0.4) is 0 Å². The lowest BCUT2D eigenvalue weighted by Crippen LogP contribution is -2.55. The summed E-state index contributed by atoms with van der Waals surface area (Å²) in [7, 11) is 0. The van der Waals surface area contributed by atoms with E-state index in [9.17, 15) is 5.11 Å². The van der Waals surface area contributed by atoms with Crippen LogP contribution in [0.15, 0.2) is 4.99 Å². The molecule has 0 saturated carbocycles. The van der Waals surface area contributed by atoms with E-state index in [1.54, 1.807) is 11.8 Å². The molecule has 2 fully saturated rings. The Labute approximate surface area is 106 Å². The van der Waals surface area contributed by atoms with Gasteiger partial charge in [0.25, 0.3) is 0 Å². The molecular formula is C11H20N2O3S. The first-order valence-electron chi connectivity index (χ1n) is 6.09. The second-order valence-electron chi connectivity index (χ2n) is 4.55. The van der Waals surface area contributed by atoms with Crippen LogP contribution in [-0.4, -0.2) is 52.2 Å². The third-order valence-corrected chi connectivity index (χ3v) is 4.37. The number of aliphatic imine (C=N–C) groups is 1. The Morgan fingerprint density at radius 2 is 2.29 bits per heavy atom. The fourth-order valence-corrected chi connectivity index (χ4v) is 3.42. The van der Waals surface area contributed by atoms with Crippen molar-refractivity contribution in [2.75, 3.05) is 13.2 Å². The zero-order valence-corrected chi connectivity index (χ0v) is 11.0. The fourth-order valence-electron chi connectivity index (χ4n) is 2.17. The molecule has 2 rings (SSSR count).